The number of aromatic nitrogens is 2. The number of amides is 1. The summed E-state index contributed by atoms with van der Waals surface area (Å²) in [7, 11) is -3.68. The molecular weight excluding hydrogens is 414 g/mol. The van der Waals surface area contributed by atoms with E-state index in [9.17, 15) is 13.2 Å². The Labute approximate surface area is 180 Å². The number of carbonyl (C=O) groups is 1. The van der Waals surface area contributed by atoms with Crippen LogP contribution in [-0.2, 0) is 10.0 Å². The third-order valence-electron chi connectivity index (χ3n) is 5.08. The molecule has 31 heavy (non-hydrogen) atoms. The second-order valence-corrected chi connectivity index (χ2v) is 8.93. The third kappa shape index (κ3) is 4.30. The van der Waals surface area contributed by atoms with Crippen molar-refractivity contribution in [3.05, 3.63) is 78.1 Å². The highest BCUT2D eigenvalue weighted by Gasteiger charge is 2.30. The van der Waals surface area contributed by atoms with Gasteiger partial charge in [0.25, 0.3) is 5.91 Å². The molecule has 0 unspecified atom stereocenters. The summed E-state index contributed by atoms with van der Waals surface area (Å²) in [6.07, 6.45) is 3.00. The van der Waals surface area contributed by atoms with Crippen LogP contribution < -0.4 is 0 Å². The number of piperazine rings is 1. The van der Waals surface area contributed by atoms with Gasteiger partial charge in [-0.05, 0) is 24.3 Å². The molecule has 1 aromatic heterocycles. The maximum Gasteiger partial charge on any atom is 0.257 e. The summed E-state index contributed by atoms with van der Waals surface area (Å²) in [6, 6.07) is 17.3. The second-order valence-electron chi connectivity index (χ2n) is 6.99. The van der Waals surface area contributed by atoms with Gasteiger partial charge in [-0.15, -0.1) is 0 Å². The Hall–Kier alpha value is -3.61. The Morgan fingerprint density at radius 2 is 1.52 bits per heavy atom. The molecular formula is C22H19N5O3S. The molecule has 2 aromatic carbocycles. The van der Waals surface area contributed by atoms with Gasteiger partial charge >= 0.3 is 0 Å². The Morgan fingerprint density at radius 1 is 0.903 bits per heavy atom. The summed E-state index contributed by atoms with van der Waals surface area (Å²) in [5.74, 6) is 0.311. The zero-order chi connectivity index (χ0) is 21.8. The number of carbonyl (C=O) groups excluding carboxylic acids is 1. The molecule has 1 fully saturated rings. The average molecular weight is 433 g/mol. The molecule has 0 bridgehead atoms. The zero-order valence-corrected chi connectivity index (χ0v) is 17.4. The molecule has 0 spiro atoms. The van der Waals surface area contributed by atoms with Gasteiger partial charge in [0.2, 0.25) is 10.0 Å². The zero-order valence-electron chi connectivity index (χ0n) is 16.5. The van der Waals surface area contributed by atoms with Crippen molar-refractivity contribution in [1.29, 1.82) is 5.26 Å². The summed E-state index contributed by atoms with van der Waals surface area (Å²) in [4.78, 5) is 23.1. The SMILES string of the molecule is N#Cc1ccc(S(=O)(=O)N2CCN(C(=O)c3cnc(-c4ccccc4)nc3)CC2)cc1. The molecule has 156 valence electrons. The van der Waals surface area contributed by atoms with Gasteiger partial charge < -0.3 is 4.90 Å². The minimum Gasteiger partial charge on any atom is -0.336 e. The van der Waals surface area contributed by atoms with Crippen molar-refractivity contribution >= 4 is 15.9 Å². The molecule has 0 radical (unpaired) electrons. The van der Waals surface area contributed by atoms with Crippen LogP contribution in [0.4, 0.5) is 0 Å². The fraction of sp³-hybridized carbons (Fsp3) is 0.182. The Morgan fingerprint density at radius 3 is 2.10 bits per heavy atom. The van der Waals surface area contributed by atoms with Crippen LogP contribution in [0.25, 0.3) is 11.4 Å². The van der Waals surface area contributed by atoms with Gasteiger partial charge in [-0.2, -0.15) is 9.57 Å². The smallest absolute Gasteiger partial charge is 0.257 e. The highest BCUT2D eigenvalue weighted by molar-refractivity contribution is 7.89. The molecule has 3 aromatic rings. The van der Waals surface area contributed by atoms with Crippen LogP contribution >= 0.6 is 0 Å². The number of nitrogens with zero attached hydrogens (tertiary/aromatic N) is 5. The van der Waals surface area contributed by atoms with Gasteiger partial charge in [-0.1, -0.05) is 30.3 Å². The van der Waals surface area contributed by atoms with Gasteiger partial charge in [-0.25, -0.2) is 18.4 Å². The number of benzene rings is 2. The van der Waals surface area contributed by atoms with E-state index in [2.05, 4.69) is 9.97 Å². The van der Waals surface area contributed by atoms with E-state index in [0.717, 1.165) is 5.56 Å². The normalized spacial score (nSPS) is 14.7. The molecule has 1 amide bonds. The van der Waals surface area contributed by atoms with Crippen molar-refractivity contribution < 1.29 is 13.2 Å². The third-order valence-corrected chi connectivity index (χ3v) is 6.99. The van der Waals surface area contributed by atoms with Crippen LogP contribution in [0.3, 0.4) is 0 Å². The standard InChI is InChI=1S/C22H19N5O3S/c23-14-17-6-8-20(9-7-17)31(29,30)27-12-10-26(11-13-27)22(28)19-15-24-21(25-16-19)18-4-2-1-3-5-18/h1-9,15-16H,10-13H2. The quantitative estimate of drug-likeness (QED) is 0.624. The van der Waals surface area contributed by atoms with Crippen LogP contribution in [-0.4, -0.2) is 59.7 Å². The lowest BCUT2D eigenvalue weighted by Gasteiger charge is -2.34. The fourth-order valence-corrected chi connectivity index (χ4v) is 4.76. The van der Waals surface area contributed by atoms with Crippen LogP contribution in [0.2, 0.25) is 0 Å². The summed E-state index contributed by atoms with van der Waals surface area (Å²) in [5, 5.41) is 8.87. The lowest BCUT2D eigenvalue weighted by Crippen LogP contribution is -2.50. The molecule has 1 aliphatic rings. The van der Waals surface area contributed by atoms with Crippen molar-refractivity contribution in [2.45, 2.75) is 4.90 Å². The molecule has 2 heterocycles. The van der Waals surface area contributed by atoms with E-state index in [4.69, 9.17) is 5.26 Å². The Bertz CT molecular complexity index is 1210. The monoisotopic (exact) mass is 433 g/mol. The van der Waals surface area contributed by atoms with E-state index < -0.39 is 10.0 Å². The molecule has 8 nitrogen and oxygen atoms in total. The highest BCUT2D eigenvalue weighted by atomic mass is 32.2. The first-order valence-corrected chi connectivity index (χ1v) is 11.1. The fourth-order valence-electron chi connectivity index (χ4n) is 3.34. The van der Waals surface area contributed by atoms with E-state index in [1.807, 2.05) is 36.4 Å². The molecule has 9 heteroatoms. The summed E-state index contributed by atoms with van der Waals surface area (Å²) < 4.78 is 27.0. The van der Waals surface area contributed by atoms with Crippen LogP contribution in [0.5, 0.6) is 0 Å². The van der Waals surface area contributed by atoms with E-state index in [0.29, 0.717) is 17.0 Å². The van der Waals surface area contributed by atoms with E-state index in [1.54, 1.807) is 4.90 Å². The van der Waals surface area contributed by atoms with Gasteiger partial charge in [0.05, 0.1) is 22.1 Å². The summed E-state index contributed by atoms with van der Waals surface area (Å²) in [5.41, 5.74) is 1.63. The number of nitriles is 1. The first-order valence-electron chi connectivity index (χ1n) is 9.66. The van der Waals surface area contributed by atoms with Gasteiger partial charge in [0, 0.05) is 44.1 Å². The maximum atomic E-state index is 12.8. The van der Waals surface area contributed by atoms with Crippen LogP contribution in [0.15, 0.2) is 71.9 Å². The second kappa shape index (κ2) is 8.63. The van der Waals surface area contributed by atoms with Crippen LogP contribution in [0, 0.1) is 11.3 Å². The molecule has 4 rings (SSSR count). The highest BCUT2D eigenvalue weighted by Crippen LogP contribution is 2.19. The Kier molecular flexibility index (Phi) is 5.75. The predicted octanol–water partition coefficient (Wildman–Crippen LogP) is 2.16. The van der Waals surface area contributed by atoms with Crippen molar-refractivity contribution in [3.8, 4) is 17.5 Å². The molecule has 1 saturated heterocycles. The van der Waals surface area contributed by atoms with Gasteiger partial charge in [0.15, 0.2) is 5.82 Å². The predicted molar refractivity (Wildman–Crippen MR) is 113 cm³/mol. The van der Waals surface area contributed by atoms with Crippen molar-refractivity contribution in [2.24, 2.45) is 0 Å². The lowest BCUT2D eigenvalue weighted by atomic mass is 10.2. The Balaban J connectivity index is 1.41. The van der Waals surface area contributed by atoms with E-state index >= 15 is 0 Å². The summed E-state index contributed by atoms with van der Waals surface area (Å²) in [6.45, 7) is 0.928. The van der Waals surface area contributed by atoms with Gasteiger partial charge in [0.1, 0.15) is 0 Å². The molecule has 1 aliphatic heterocycles. The minimum atomic E-state index is -3.68. The maximum absolute atomic E-state index is 12.8. The number of hydrogen-bond donors (Lipinski definition) is 0. The molecule has 0 saturated carbocycles. The first-order chi connectivity index (χ1) is 15.0. The van der Waals surface area contributed by atoms with Gasteiger partial charge in [-0.3, -0.25) is 4.79 Å². The van der Waals surface area contributed by atoms with Crippen molar-refractivity contribution in [1.82, 2.24) is 19.2 Å². The first kappa shape index (κ1) is 20.7. The topological polar surface area (TPSA) is 107 Å². The lowest BCUT2D eigenvalue weighted by molar-refractivity contribution is 0.0697. The number of hydrogen-bond acceptors (Lipinski definition) is 6. The minimum absolute atomic E-state index is 0.135. The number of rotatable bonds is 4. The van der Waals surface area contributed by atoms with Crippen molar-refractivity contribution in [2.75, 3.05) is 26.2 Å². The van der Waals surface area contributed by atoms with E-state index in [1.165, 1.54) is 41.0 Å². The largest absolute Gasteiger partial charge is 0.336 e. The van der Waals surface area contributed by atoms with Crippen LogP contribution in [0.1, 0.15) is 15.9 Å². The van der Waals surface area contributed by atoms with Crippen molar-refractivity contribution in [3.63, 3.8) is 0 Å². The van der Waals surface area contributed by atoms with E-state index in [-0.39, 0.29) is 37.0 Å². The average Bonchev–Trinajstić information content (AvgIpc) is 2.84. The molecule has 0 aliphatic carbocycles. The number of sulfonamides is 1. The molecule has 0 atom stereocenters. The summed E-state index contributed by atoms with van der Waals surface area (Å²) >= 11 is 0. The molecule has 0 N–H and O–H groups in total.